The molecule has 1 saturated heterocycles. The molecule has 142 valence electrons. The predicted octanol–water partition coefficient (Wildman–Crippen LogP) is 0.401. The van der Waals surface area contributed by atoms with E-state index in [-0.39, 0.29) is 25.0 Å². The molecule has 1 aliphatic rings. The molecule has 1 aromatic heterocycles. The molecule has 1 aliphatic heterocycles. The summed E-state index contributed by atoms with van der Waals surface area (Å²) in [5.74, 6) is 1.20. The van der Waals surface area contributed by atoms with Crippen LogP contribution in [0.1, 0.15) is 11.3 Å². The average Bonchev–Trinajstić information content (AvgIpc) is 3.07. The van der Waals surface area contributed by atoms with Crippen molar-refractivity contribution in [2.75, 3.05) is 32.0 Å². The second kappa shape index (κ2) is 9.10. The monoisotopic (exact) mass is 388 g/mol. The summed E-state index contributed by atoms with van der Waals surface area (Å²) in [5, 5.41) is 8.91. The number of aromatic nitrogens is 1. The smallest absolute Gasteiger partial charge is 0.180 e. The molecular formula is C17H20N6O3S. The molecule has 1 aromatic carbocycles. The third kappa shape index (κ3) is 5.25. The van der Waals surface area contributed by atoms with Gasteiger partial charge in [-0.25, -0.2) is 4.98 Å². The largest absolute Gasteiger partial charge is 0.490 e. The minimum atomic E-state index is 0.0868. The quantitative estimate of drug-likeness (QED) is 0.186. The molecule has 0 aliphatic carbocycles. The maximum Gasteiger partial charge on any atom is 0.180 e. The number of rotatable bonds is 9. The molecule has 0 saturated carbocycles. The Bertz CT molecular complexity index is 829. The van der Waals surface area contributed by atoms with Gasteiger partial charge >= 0.3 is 0 Å². The van der Waals surface area contributed by atoms with Crippen molar-refractivity contribution in [2.24, 2.45) is 15.9 Å². The van der Waals surface area contributed by atoms with Gasteiger partial charge in [-0.05, 0) is 24.3 Å². The molecule has 27 heavy (non-hydrogen) atoms. The summed E-state index contributed by atoms with van der Waals surface area (Å²) >= 11 is 1.23. The van der Waals surface area contributed by atoms with Gasteiger partial charge in [0.2, 0.25) is 0 Å². The van der Waals surface area contributed by atoms with Crippen molar-refractivity contribution in [1.29, 1.82) is 0 Å². The fourth-order valence-corrected chi connectivity index (χ4v) is 2.76. The lowest BCUT2D eigenvalue weighted by Crippen LogP contribution is -2.46. The van der Waals surface area contributed by atoms with Crippen LogP contribution in [-0.2, 0) is 9.63 Å². The van der Waals surface area contributed by atoms with Crippen LogP contribution in [0.2, 0.25) is 0 Å². The molecule has 1 fully saturated rings. The zero-order valence-electron chi connectivity index (χ0n) is 14.5. The van der Waals surface area contributed by atoms with Crippen LogP contribution < -0.4 is 21.5 Å². The topological polar surface area (TPSA) is 137 Å². The zero-order valence-corrected chi connectivity index (χ0v) is 15.3. The highest BCUT2D eigenvalue weighted by Gasteiger charge is 2.15. The van der Waals surface area contributed by atoms with E-state index in [0.717, 1.165) is 18.7 Å². The van der Waals surface area contributed by atoms with Crippen molar-refractivity contribution in [3.63, 3.8) is 0 Å². The molecular weight excluding hydrogens is 368 g/mol. The van der Waals surface area contributed by atoms with Crippen molar-refractivity contribution in [3.05, 3.63) is 40.9 Å². The lowest BCUT2D eigenvalue weighted by atomic mass is 10.1. The molecule has 0 atom stereocenters. The number of nitrogen functional groups attached to an aromatic ring is 1. The van der Waals surface area contributed by atoms with Crippen LogP contribution in [0.15, 0.2) is 39.8 Å². The molecule has 2 aromatic rings. The van der Waals surface area contributed by atoms with Crippen molar-refractivity contribution in [1.82, 2.24) is 10.3 Å². The normalized spacial score (nSPS) is 15.3. The van der Waals surface area contributed by atoms with Crippen molar-refractivity contribution >= 4 is 34.3 Å². The summed E-state index contributed by atoms with van der Waals surface area (Å²) in [6.45, 7) is 2.18. The van der Waals surface area contributed by atoms with E-state index in [9.17, 15) is 4.79 Å². The summed E-state index contributed by atoms with van der Waals surface area (Å²) in [4.78, 5) is 24.6. The first kappa shape index (κ1) is 18.8. The Balaban J connectivity index is 1.44. The number of aldehydes is 1. The number of benzene rings is 1. The van der Waals surface area contributed by atoms with Crippen LogP contribution in [0.3, 0.4) is 0 Å². The number of carbonyl (C=O) groups excluding carboxylic acids is 1. The van der Waals surface area contributed by atoms with E-state index in [2.05, 4.69) is 20.4 Å². The van der Waals surface area contributed by atoms with Crippen LogP contribution >= 0.6 is 11.3 Å². The summed E-state index contributed by atoms with van der Waals surface area (Å²) in [6.07, 6.45) is 0.569. The molecule has 0 amide bonds. The highest BCUT2D eigenvalue weighted by molar-refractivity contribution is 7.13. The maximum absolute atomic E-state index is 11.0. The Morgan fingerprint density at radius 2 is 2.11 bits per heavy atom. The third-order valence-corrected chi connectivity index (χ3v) is 4.41. The van der Waals surface area contributed by atoms with Gasteiger partial charge in [-0.3, -0.25) is 9.79 Å². The number of aliphatic imine (C=N–C) groups is 1. The van der Waals surface area contributed by atoms with Crippen LogP contribution in [0.4, 0.5) is 5.13 Å². The van der Waals surface area contributed by atoms with Crippen molar-refractivity contribution < 1.29 is 14.4 Å². The lowest BCUT2D eigenvalue weighted by Gasteiger charge is -2.23. The molecule has 3 rings (SSSR count). The van der Waals surface area contributed by atoms with Crippen LogP contribution in [-0.4, -0.2) is 55.2 Å². The number of oxime groups is 1. The van der Waals surface area contributed by atoms with Gasteiger partial charge in [-0.1, -0.05) is 5.16 Å². The second-order valence-corrected chi connectivity index (χ2v) is 6.59. The minimum Gasteiger partial charge on any atom is -0.490 e. The first-order valence-electron chi connectivity index (χ1n) is 8.29. The van der Waals surface area contributed by atoms with Crippen LogP contribution in [0, 0.1) is 0 Å². The zero-order chi connectivity index (χ0) is 19.1. The van der Waals surface area contributed by atoms with Crippen LogP contribution in [0.5, 0.6) is 5.75 Å². The molecule has 10 heteroatoms. The number of thiazole rings is 1. The first-order valence-corrected chi connectivity index (χ1v) is 9.17. The number of amidine groups is 1. The molecule has 9 nitrogen and oxygen atoms in total. The molecule has 0 unspecified atom stereocenters. The average molecular weight is 388 g/mol. The number of nitrogens with two attached hydrogens (primary N) is 2. The number of nitrogens with zero attached hydrogens (tertiary/aromatic N) is 3. The fourth-order valence-electron chi connectivity index (χ4n) is 2.20. The van der Waals surface area contributed by atoms with Gasteiger partial charge in [0, 0.05) is 24.0 Å². The maximum atomic E-state index is 11.0. The van der Waals surface area contributed by atoms with E-state index in [4.69, 9.17) is 21.0 Å². The SMILES string of the molecule is NC(=NC1CNC1)c1ccc(OCCO/N=C(\C=O)c2csc(N)n2)cc1. The standard InChI is InChI=1S/C17H20N6O3S/c18-16(21-12-7-20-8-12)11-1-3-13(4-2-11)25-5-6-26-23-14(9-24)15-10-27-17(19)22-15/h1-4,9-10,12,20H,5-8H2,(H2,18,21)(H2,19,22)/b23-14+. The van der Waals surface area contributed by atoms with Gasteiger partial charge in [0.15, 0.2) is 23.7 Å². The summed E-state index contributed by atoms with van der Waals surface area (Å²) in [7, 11) is 0. The first-order chi connectivity index (χ1) is 13.2. The number of hydrogen-bond acceptors (Lipinski definition) is 9. The molecule has 5 N–H and O–H groups in total. The van der Waals surface area contributed by atoms with E-state index in [1.807, 2.05) is 24.3 Å². The number of nitrogens with one attached hydrogen (secondary N) is 1. The summed E-state index contributed by atoms with van der Waals surface area (Å²) < 4.78 is 5.57. The molecule has 2 heterocycles. The van der Waals surface area contributed by atoms with Crippen LogP contribution in [0.25, 0.3) is 0 Å². The van der Waals surface area contributed by atoms with Gasteiger partial charge in [0.05, 0.1) is 6.04 Å². The van der Waals surface area contributed by atoms with Gasteiger partial charge in [0.25, 0.3) is 0 Å². The molecule has 0 bridgehead atoms. The fraction of sp³-hybridized carbons (Fsp3) is 0.294. The Kier molecular flexibility index (Phi) is 6.34. The Hall–Kier alpha value is -2.98. The number of carbonyl (C=O) groups is 1. The number of ether oxygens (including phenoxy) is 1. The number of hydrogen-bond donors (Lipinski definition) is 3. The van der Waals surface area contributed by atoms with Gasteiger partial charge in [0.1, 0.15) is 23.9 Å². The van der Waals surface area contributed by atoms with Gasteiger partial charge in [-0.15, -0.1) is 11.3 Å². The minimum absolute atomic E-state index is 0.0868. The lowest BCUT2D eigenvalue weighted by molar-refractivity contribution is -0.102. The van der Waals surface area contributed by atoms with Crippen molar-refractivity contribution in [2.45, 2.75) is 6.04 Å². The van der Waals surface area contributed by atoms with E-state index in [1.54, 1.807) is 5.38 Å². The van der Waals surface area contributed by atoms with E-state index >= 15 is 0 Å². The second-order valence-electron chi connectivity index (χ2n) is 5.70. The highest BCUT2D eigenvalue weighted by atomic mass is 32.1. The van der Waals surface area contributed by atoms with Gasteiger partial charge < -0.3 is 26.4 Å². The Morgan fingerprint density at radius 3 is 2.70 bits per heavy atom. The highest BCUT2D eigenvalue weighted by Crippen LogP contribution is 2.13. The number of anilines is 1. The van der Waals surface area contributed by atoms with Crippen molar-refractivity contribution in [3.8, 4) is 5.75 Å². The molecule has 0 radical (unpaired) electrons. The third-order valence-electron chi connectivity index (χ3n) is 3.73. The Labute approximate surface area is 160 Å². The summed E-state index contributed by atoms with van der Waals surface area (Å²) in [5.41, 5.74) is 12.9. The predicted molar refractivity (Wildman–Crippen MR) is 104 cm³/mol. The van der Waals surface area contributed by atoms with E-state index in [1.165, 1.54) is 11.3 Å². The molecule has 0 spiro atoms. The Morgan fingerprint density at radius 1 is 1.33 bits per heavy atom. The van der Waals surface area contributed by atoms with Gasteiger partial charge in [-0.2, -0.15) is 0 Å². The van der Waals surface area contributed by atoms with E-state index in [0.29, 0.717) is 28.7 Å². The summed E-state index contributed by atoms with van der Waals surface area (Å²) in [6, 6.07) is 7.60. The van der Waals surface area contributed by atoms with E-state index < -0.39 is 0 Å².